The lowest BCUT2D eigenvalue weighted by atomic mass is 10.1. The summed E-state index contributed by atoms with van der Waals surface area (Å²) >= 11 is 0. The van der Waals surface area contributed by atoms with Gasteiger partial charge in [-0.05, 0) is 29.8 Å². The first kappa shape index (κ1) is 15.2. The van der Waals surface area contributed by atoms with Crippen LogP contribution in [-0.4, -0.2) is 30.5 Å². The van der Waals surface area contributed by atoms with Crippen LogP contribution < -0.4 is 5.32 Å². The van der Waals surface area contributed by atoms with E-state index in [-0.39, 0.29) is 17.2 Å². The number of carbonyl (C=O) groups excluding carboxylic acids is 1. The molecule has 3 rings (SSSR count). The smallest absolute Gasteiger partial charge is 0.228 e. The Morgan fingerprint density at radius 2 is 2.00 bits per heavy atom. The molecule has 1 aromatic heterocycles. The number of aromatic nitrogens is 2. The highest BCUT2D eigenvalue weighted by molar-refractivity contribution is 7.90. The Balaban J connectivity index is 1.80. The lowest BCUT2D eigenvalue weighted by molar-refractivity contribution is -0.115. The van der Waals surface area contributed by atoms with Crippen LogP contribution >= 0.6 is 0 Å². The molecular formula is C16H15N3O3S. The first-order chi connectivity index (χ1) is 10.9. The topological polar surface area (TPSA) is 91.9 Å². The van der Waals surface area contributed by atoms with E-state index >= 15 is 0 Å². The SMILES string of the molecule is CS(=O)(=O)c1ccccc1CC(=O)Nc1ccc2nc[nH]c2c1. The molecule has 2 N–H and O–H groups in total. The molecule has 0 saturated heterocycles. The predicted molar refractivity (Wildman–Crippen MR) is 88.0 cm³/mol. The van der Waals surface area contributed by atoms with E-state index in [2.05, 4.69) is 15.3 Å². The predicted octanol–water partition coefficient (Wildman–Crippen LogP) is 2.15. The number of nitrogens with one attached hydrogen (secondary N) is 2. The number of rotatable bonds is 4. The van der Waals surface area contributed by atoms with E-state index in [1.165, 1.54) is 6.07 Å². The van der Waals surface area contributed by atoms with Crippen molar-refractivity contribution in [3.8, 4) is 0 Å². The second kappa shape index (κ2) is 5.85. The van der Waals surface area contributed by atoms with E-state index < -0.39 is 9.84 Å². The van der Waals surface area contributed by atoms with Gasteiger partial charge < -0.3 is 10.3 Å². The van der Waals surface area contributed by atoms with E-state index in [1.807, 2.05) is 0 Å². The Bertz CT molecular complexity index is 977. The molecule has 1 amide bonds. The molecule has 2 aromatic carbocycles. The number of sulfone groups is 1. The number of H-pyrrole nitrogens is 1. The number of amides is 1. The van der Waals surface area contributed by atoms with Gasteiger partial charge in [0.15, 0.2) is 9.84 Å². The minimum Gasteiger partial charge on any atom is -0.345 e. The van der Waals surface area contributed by atoms with Gasteiger partial charge in [-0.2, -0.15) is 0 Å². The van der Waals surface area contributed by atoms with E-state index in [1.54, 1.807) is 42.7 Å². The molecule has 7 heteroatoms. The molecule has 0 bridgehead atoms. The lowest BCUT2D eigenvalue weighted by Gasteiger charge is -2.09. The van der Waals surface area contributed by atoms with Gasteiger partial charge in [-0.15, -0.1) is 0 Å². The van der Waals surface area contributed by atoms with Gasteiger partial charge in [-0.25, -0.2) is 13.4 Å². The first-order valence-electron chi connectivity index (χ1n) is 6.94. The number of imidazole rings is 1. The van der Waals surface area contributed by atoms with Gasteiger partial charge in [0, 0.05) is 11.9 Å². The number of anilines is 1. The van der Waals surface area contributed by atoms with Crippen LogP contribution in [0.4, 0.5) is 5.69 Å². The van der Waals surface area contributed by atoms with Crippen LogP contribution in [0, 0.1) is 0 Å². The Kier molecular flexibility index (Phi) is 3.87. The summed E-state index contributed by atoms with van der Waals surface area (Å²) in [6.07, 6.45) is 2.71. The molecule has 3 aromatic rings. The number of hydrogen-bond acceptors (Lipinski definition) is 4. The molecule has 0 aliphatic rings. The number of benzene rings is 2. The molecule has 0 radical (unpaired) electrons. The molecule has 0 saturated carbocycles. The van der Waals surface area contributed by atoms with E-state index in [4.69, 9.17) is 0 Å². The maximum atomic E-state index is 12.2. The second-order valence-corrected chi connectivity index (χ2v) is 7.22. The molecular weight excluding hydrogens is 314 g/mol. The molecule has 1 heterocycles. The highest BCUT2D eigenvalue weighted by Gasteiger charge is 2.15. The highest BCUT2D eigenvalue weighted by atomic mass is 32.2. The Morgan fingerprint density at radius 3 is 2.78 bits per heavy atom. The summed E-state index contributed by atoms with van der Waals surface area (Å²) < 4.78 is 23.5. The van der Waals surface area contributed by atoms with Crippen LogP contribution in [0.1, 0.15) is 5.56 Å². The fraction of sp³-hybridized carbons (Fsp3) is 0.125. The molecule has 0 unspecified atom stereocenters. The van der Waals surface area contributed by atoms with Crippen molar-refractivity contribution in [2.24, 2.45) is 0 Å². The van der Waals surface area contributed by atoms with Gasteiger partial charge in [0.1, 0.15) is 0 Å². The van der Waals surface area contributed by atoms with Crippen molar-refractivity contribution in [1.29, 1.82) is 0 Å². The number of hydrogen-bond donors (Lipinski definition) is 2. The molecule has 0 atom stereocenters. The Morgan fingerprint density at radius 1 is 1.22 bits per heavy atom. The third-order valence-electron chi connectivity index (χ3n) is 3.43. The number of nitrogens with zero attached hydrogens (tertiary/aromatic N) is 1. The summed E-state index contributed by atoms with van der Waals surface area (Å²) in [7, 11) is -3.37. The molecule has 23 heavy (non-hydrogen) atoms. The van der Waals surface area contributed by atoms with Crippen molar-refractivity contribution in [1.82, 2.24) is 9.97 Å². The quantitative estimate of drug-likeness (QED) is 0.767. The monoisotopic (exact) mass is 329 g/mol. The van der Waals surface area contributed by atoms with Crippen LogP contribution in [0.15, 0.2) is 53.7 Å². The summed E-state index contributed by atoms with van der Waals surface area (Å²) in [5.74, 6) is -0.278. The fourth-order valence-electron chi connectivity index (χ4n) is 2.40. The first-order valence-corrected chi connectivity index (χ1v) is 8.83. The lowest BCUT2D eigenvalue weighted by Crippen LogP contribution is -2.16. The zero-order chi connectivity index (χ0) is 16.4. The van der Waals surface area contributed by atoms with Gasteiger partial charge in [-0.3, -0.25) is 4.79 Å². The van der Waals surface area contributed by atoms with E-state index in [9.17, 15) is 13.2 Å². The van der Waals surface area contributed by atoms with Crippen molar-refractivity contribution >= 4 is 32.5 Å². The Labute approximate surface area is 133 Å². The largest absolute Gasteiger partial charge is 0.345 e. The van der Waals surface area contributed by atoms with Crippen molar-refractivity contribution < 1.29 is 13.2 Å². The summed E-state index contributed by atoms with van der Waals surface area (Å²) in [6, 6.07) is 11.8. The average molecular weight is 329 g/mol. The molecule has 0 fully saturated rings. The zero-order valence-corrected chi connectivity index (χ0v) is 13.2. The minimum atomic E-state index is -3.37. The number of fused-ring (bicyclic) bond motifs is 1. The van der Waals surface area contributed by atoms with Crippen molar-refractivity contribution in [3.63, 3.8) is 0 Å². The van der Waals surface area contributed by atoms with Crippen molar-refractivity contribution in [2.45, 2.75) is 11.3 Å². The van der Waals surface area contributed by atoms with Gasteiger partial charge >= 0.3 is 0 Å². The number of carbonyl (C=O) groups is 1. The van der Waals surface area contributed by atoms with Crippen LogP contribution in [0.5, 0.6) is 0 Å². The van der Waals surface area contributed by atoms with Crippen LogP contribution in [0.25, 0.3) is 11.0 Å². The minimum absolute atomic E-state index is 0.00967. The van der Waals surface area contributed by atoms with Crippen LogP contribution in [-0.2, 0) is 21.1 Å². The maximum absolute atomic E-state index is 12.2. The normalized spacial score (nSPS) is 11.5. The average Bonchev–Trinajstić information content (AvgIpc) is 2.94. The Hall–Kier alpha value is -2.67. The van der Waals surface area contributed by atoms with Crippen LogP contribution in [0.3, 0.4) is 0 Å². The molecule has 6 nitrogen and oxygen atoms in total. The summed E-state index contributed by atoms with van der Waals surface area (Å²) in [4.78, 5) is 19.5. The molecule has 0 spiro atoms. The summed E-state index contributed by atoms with van der Waals surface area (Å²) in [6.45, 7) is 0. The third kappa shape index (κ3) is 3.40. The highest BCUT2D eigenvalue weighted by Crippen LogP contribution is 2.18. The summed E-state index contributed by atoms with van der Waals surface area (Å²) in [5.41, 5.74) is 2.74. The van der Waals surface area contributed by atoms with E-state index in [0.717, 1.165) is 17.3 Å². The number of aromatic amines is 1. The maximum Gasteiger partial charge on any atom is 0.228 e. The van der Waals surface area contributed by atoms with Gasteiger partial charge in [0.05, 0.1) is 28.7 Å². The van der Waals surface area contributed by atoms with Crippen molar-refractivity contribution in [3.05, 3.63) is 54.4 Å². The molecule has 0 aliphatic heterocycles. The van der Waals surface area contributed by atoms with Gasteiger partial charge in [-0.1, -0.05) is 18.2 Å². The molecule has 0 aliphatic carbocycles. The third-order valence-corrected chi connectivity index (χ3v) is 4.62. The zero-order valence-electron chi connectivity index (χ0n) is 12.4. The van der Waals surface area contributed by atoms with E-state index in [0.29, 0.717) is 11.3 Å². The van der Waals surface area contributed by atoms with Gasteiger partial charge in [0.2, 0.25) is 5.91 Å². The fourth-order valence-corrected chi connectivity index (χ4v) is 3.35. The standard InChI is InChI=1S/C16H15N3O3S/c1-23(21,22)15-5-3-2-4-11(15)8-16(20)19-12-6-7-13-14(9-12)18-10-17-13/h2-7,9-10H,8H2,1H3,(H,17,18)(H,19,20). The molecule has 118 valence electrons. The van der Waals surface area contributed by atoms with Crippen LogP contribution in [0.2, 0.25) is 0 Å². The summed E-state index contributed by atoms with van der Waals surface area (Å²) in [5, 5.41) is 2.77. The van der Waals surface area contributed by atoms with Crippen molar-refractivity contribution in [2.75, 3.05) is 11.6 Å². The van der Waals surface area contributed by atoms with Gasteiger partial charge in [0.25, 0.3) is 0 Å². The second-order valence-electron chi connectivity index (χ2n) is 5.24.